The molecule has 1 aromatic heterocycles. The highest BCUT2D eigenvalue weighted by atomic mass is 32.2. The molecule has 3 heterocycles. The molecule has 104 valence electrons. The third-order valence-corrected chi connectivity index (χ3v) is 6.62. The molecule has 0 saturated carbocycles. The summed E-state index contributed by atoms with van der Waals surface area (Å²) >= 11 is 0. The summed E-state index contributed by atoms with van der Waals surface area (Å²) in [5, 5.41) is 11.2. The molecule has 2 unspecified atom stereocenters. The van der Waals surface area contributed by atoms with Crippen LogP contribution >= 0.6 is 0 Å². The van der Waals surface area contributed by atoms with E-state index < -0.39 is 16.4 Å². The van der Waals surface area contributed by atoms with Gasteiger partial charge in [-0.1, -0.05) is 12.5 Å². The highest BCUT2D eigenvalue weighted by molar-refractivity contribution is 7.86. The fourth-order valence-electron chi connectivity index (χ4n) is 3.49. The van der Waals surface area contributed by atoms with Crippen LogP contribution in [0, 0.1) is 0 Å². The lowest BCUT2D eigenvalue weighted by Crippen LogP contribution is -2.49. The Bertz CT molecular complexity index is 446. The van der Waals surface area contributed by atoms with Crippen molar-refractivity contribution in [2.24, 2.45) is 0 Å². The molecule has 0 aliphatic carbocycles. The standard InChI is InChI=1S/C15H21NO2S/c17-15(8-7-12-4-1-2-9-16-12)10-13-5-3-6-14(11-15)19(13)18/h1-2,4,9,13-14,17H,3,5-8,10-11H2. The number of pyridine rings is 1. The van der Waals surface area contributed by atoms with E-state index in [-0.39, 0.29) is 10.5 Å². The zero-order valence-corrected chi connectivity index (χ0v) is 11.9. The number of fused-ring (bicyclic) bond motifs is 2. The Hall–Kier alpha value is -0.740. The summed E-state index contributed by atoms with van der Waals surface area (Å²) in [5.41, 5.74) is 0.411. The van der Waals surface area contributed by atoms with Crippen molar-refractivity contribution in [3.63, 3.8) is 0 Å². The second-order valence-corrected chi connectivity index (χ2v) is 7.95. The maximum Gasteiger partial charge on any atom is 0.0674 e. The van der Waals surface area contributed by atoms with Gasteiger partial charge in [0, 0.05) is 33.2 Å². The van der Waals surface area contributed by atoms with E-state index in [0.717, 1.165) is 31.4 Å². The fraction of sp³-hybridized carbons (Fsp3) is 0.667. The summed E-state index contributed by atoms with van der Waals surface area (Å²) < 4.78 is 12.2. The maximum absolute atomic E-state index is 12.2. The first-order valence-electron chi connectivity index (χ1n) is 7.18. The van der Waals surface area contributed by atoms with Crippen molar-refractivity contribution < 1.29 is 9.32 Å². The van der Waals surface area contributed by atoms with Crippen molar-refractivity contribution in [2.75, 3.05) is 0 Å². The first-order chi connectivity index (χ1) is 9.16. The largest absolute Gasteiger partial charge is 0.390 e. The molecular weight excluding hydrogens is 258 g/mol. The van der Waals surface area contributed by atoms with Gasteiger partial charge in [0.15, 0.2) is 0 Å². The number of aryl methyl sites for hydroxylation is 1. The molecule has 2 atom stereocenters. The van der Waals surface area contributed by atoms with Crippen LogP contribution in [0.15, 0.2) is 24.4 Å². The minimum atomic E-state index is -0.706. The zero-order chi connectivity index (χ0) is 13.3. The number of nitrogens with zero attached hydrogens (tertiary/aromatic N) is 1. The normalized spacial score (nSPS) is 38.1. The average molecular weight is 279 g/mol. The molecule has 0 amide bonds. The Morgan fingerprint density at radius 1 is 1.32 bits per heavy atom. The molecule has 0 aromatic carbocycles. The van der Waals surface area contributed by atoms with Crippen molar-refractivity contribution >= 4 is 10.8 Å². The van der Waals surface area contributed by atoms with Crippen molar-refractivity contribution in [3.05, 3.63) is 30.1 Å². The van der Waals surface area contributed by atoms with E-state index in [9.17, 15) is 9.32 Å². The van der Waals surface area contributed by atoms with Crippen LogP contribution in [0.2, 0.25) is 0 Å². The Balaban J connectivity index is 1.65. The lowest BCUT2D eigenvalue weighted by Gasteiger charge is -2.43. The predicted octanol–water partition coefficient (Wildman–Crippen LogP) is 2.21. The molecule has 3 rings (SSSR count). The van der Waals surface area contributed by atoms with Crippen LogP contribution in [0.5, 0.6) is 0 Å². The highest BCUT2D eigenvalue weighted by Crippen LogP contribution is 2.41. The van der Waals surface area contributed by atoms with Crippen LogP contribution in [0.1, 0.15) is 44.2 Å². The molecule has 4 heteroatoms. The summed E-state index contributed by atoms with van der Waals surface area (Å²) in [7, 11) is -0.706. The third kappa shape index (κ3) is 2.90. The van der Waals surface area contributed by atoms with Crippen molar-refractivity contribution in [2.45, 2.75) is 61.0 Å². The van der Waals surface area contributed by atoms with Gasteiger partial charge >= 0.3 is 0 Å². The van der Waals surface area contributed by atoms with Gasteiger partial charge in [0.1, 0.15) is 0 Å². The average Bonchev–Trinajstić information content (AvgIpc) is 2.40. The quantitative estimate of drug-likeness (QED) is 0.923. The minimum Gasteiger partial charge on any atom is -0.390 e. The molecule has 2 aliphatic heterocycles. The third-order valence-electron chi connectivity index (χ3n) is 4.50. The number of aromatic nitrogens is 1. The van der Waals surface area contributed by atoms with Crippen LogP contribution < -0.4 is 0 Å². The van der Waals surface area contributed by atoms with Crippen LogP contribution in [0.4, 0.5) is 0 Å². The number of hydrogen-bond donors (Lipinski definition) is 1. The van der Waals surface area contributed by atoms with E-state index in [2.05, 4.69) is 4.98 Å². The first-order valence-corrected chi connectivity index (χ1v) is 8.46. The minimum absolute atomic E-state index is 0.223. The fourth-order valence-corrected chi connectivity index (χ4v) is 5.78. The van der Waals surface area contributed by atoms with Crippen LogP contribution in [0.3, 0.4) is 0 Å². The van der Waals surface area contributed by atoms with Gasteiger partial charge in [-0.3, -0.25) is 9.19 Å². The maximum atomic E-state index is 12.2. The molecule has 2 saturated heterocycles. The lowest BCUT2D eigenvalue weighted by molar-refractivity contribution is 0.00319. The van der Waals surface area contributed by atoms with Crippen molar-refractivity contribution in [3.8, 4) is 0 Å². The van der Waals surface area contributed by atoms with Gasteiger partial charge < -0.3 is 5.11 Å². The van der Waals surface area contributed by atoms with Crippen molar-refractivity contribution in [1.29, 1.82) is 0 Å². The summed E-state index contributed by atoms with van der Waals surface area (Å²) in [6.07, 6.45) is 8.00. The lowest BCUT2D eigenvalue weighted by atomic mass is 9.82. The zero-order valence-electron chi connectivity index (χ0n) is 11.1. The molecule has 0 spiro atoms. The summed E-state index contributed by atoms with van der Waals surface area (Å²) in [6, 6.07) is 5.90. The van der Waals surface area contributed by atoms with E-state index in [1.54, 1.807) is 6.20 Å². The molecule has 2 fully saturated rings. The monoisotopic (exact) mass is 279 g/mol. The van der Waals surface area contributed by atoms with Crippen LogP contribution in [-0.2, 0) is 17.2 Å². The molecule has 2 bridgehead atoms. The smallest absolute Gasteiger partial charge is 0.0674 e. The Morgan fingerprint density at radius 2 is 2.05 bits per heavy atom. The van der Waals surface area contributed by atoms with Gasteiger partial charge in [-0.15, -0.1) is 0 Å². The molecule has 3 nitrogen and oxygen atoms in total. The molecule has 1 N–H and O–H groups in total. The molecule has 2 aliphatic rings. The second kappa shape index (κ2) is 5.33. The van der Waals surface area contributed by atoms with Gasteiger partial charge in [-0.05, 0) is 50.7 Å². The number of aliphatic hydroxyl groups is 1. The van der Waals surface area contributed by atoms with E-state index in [1.807, 2.05) is 18.2 Å². The van der Waals surface area contributed by atoms with E-state index in [4.69, 9.17) is 0 Å². The Kier molecular flexibility index (Phi) is 3.72. The van der Waals surface area contributed by atoms with Gasteiger partial charge in [0.05, 0.1) is 5.60 Å². The van der Waals surface area contributed by atoms with E-state index >= 15 is 0 Å². The number of rotatable bonds is 3. The van der Waals surface area contributed by atoms with Crippen LogP contribution in [0.25, 0.3) is 0 Å². The SMILES string of the molecule is O=S1C2CCCC1CC(O)(CCc1ccccn1)C2. The van der Waals surface area contributed by atoms with Gasteiger partial charge in [0.25, 0.3) is 0 Å². The molecule has 0 radical (unpaired) electrons. The predicted molar refractivity (Wildman–Crippen MR) is 76.3 cm³/mol. The molecule has 19 heavy (non-hydrogen) atoms. The van der Waals surface area contributed by atoms with Gasteiger partial charge in [-0.2, -0.15) is 0 Å². The van der Waals surface area contributed by atoms with Crippen molar-refractivity contribution in [1.82, 2.24) is 4.98 Å². The highest BCUT2D eigenvalue weighted by Gasteiger charge is 2.45. The summed E-state index contributed by atoms with van der Waals surface area (Å²) in [6.45, 7) is 0. The first kappa shape index (κ1) is 13.3. The number of hydrogen-bond acceptors (Lipinski definition) is 3. The van der Waals surface area contributed by atoms with Gasteiger partial charge in [0.2, 0.25) is 0 Å². The molecular formula is C15H21NO2S. The summed E-state index contributed by atoms with van der Waals surface area (Å²) in [5.74, 6) is 0. The Morgan fingerprint density at radius 3 is 2.68 bits per heavy atom. The topological polar surface area (TPSA) is 50.2 Å². The Labute approximate surface area is 116 Å². The summed E-state index contributed by atoms with van der Waals surface area (Å²) in [4.78, 5) is 4.31. The van der Waals surface area contributed by atoms with Crippen LogP contribution in [-0.4, -0.2) is 30.4 Å². The second-order valence-electron chi connectivity index (χ2n) is 5.96. The van der Waals surface area contributed by atoms with E-state index in [0.29, 0.717) is 12.8 Å². The molecule has 1 aromatic rings. The van der Waals surface area contributed by atoms with E-state index in [1.165, 1.54) is 6.42 Å². The van der Waals surface area contributed by atoms with Gasteiger partial charge in [-0.25, -0.2) is 0 Å².